The molecule has 1 N–H and O–H groups in total. The van der Waals surface area contributed by atoms with Crippen molar-refractivity contribution in [2.45, 2.75) is 33.6 Å². The lowest BCUT2D eigenvalue weighted by Gasteiger charge is -2.31. The first-order valence-corrected chi connectivity index (χ1v) is 10.0. The van der Waals surface area contributed by atoms with Gasteiger partial charge in [-0.2, -0.15) is 0 Å². The number of aromatic nitrogens is 1. The summed E-state index contributed by atoms with van der Waals surface area (Å²) < 4.78 is 10.5. The van der Waals surface area contributed by atoms with Gasteiger partial charge in [0.25, 0.3) is 5.91 Å². The predicted molar refractivity (Wildman–Crippen MR) is 110 cm³/mol. The van der Waals surface area contributed by atoms with E-state index in [1.807, 2.05) is 13.8 Å². The molecular formula is C22H29N3O4. The Hall–Kier alpha value is -2.67. The van der Waals surface area contributed by atoms with E-state index in [1.54, 1.807) is 18.1 Å². The lowest BCUT2D eigenvalue weighted by Crippen LogP contribution is -2.46. The number of likely N-dealkylation sites (tertiary alicyclic amines) is 1. The predicted octanol–water partition coefficient (Wildman–Crippen LogP) is 2.88. The van der Waals surface area contributed by atoms with Gasteiger partial charge in [-0.25, -0.2) is 0 Å². The number of ether oxygens (including phenoxy) is 1. The van der Waals surface area contributed by atoms with E-state index in [1.165, 1.54) is 5.56 Å². The highest BCUT2D eigenvalue weighted by Gasteiger charge is 2.30. The number of hydrogen-bond donors (Lipinski definition) is 1. The summed E-state index contributed by atoms with van der Waals surface area (Å²) in [4.78, 5) is 27.0. The van der Waals surface area contributed by atoms with Crippen LogP contribution in [0.25, 0.3) is 11.3 Å². The molecule has 1 aliphatic rings. The van der Waals surface area contributed by atoms with E-state index >= 15 is 0 Å². The lowest BCUT2D eigenvalue weighted by atomic mass is 9.96. The van der Waals surface area contributed by atoms with Gasteiger partial charge >= 0.3 is 0 Å². The molecule has 1 atom stereocenters. The fourth-order valence-corrected chi connectivity index (χ4v) is 4.02. The maximum atomic E-state index is 12.9. The van der Waals surface area contributed by atoms with Crippen LogP contribution >= 0.6 is 0 Å². The zero-order valence-electron chi connectivity index (χ0n) is 17.6. The van der Waals surface area contributed by atoms with Crippen molar-refractivity contribution in [1.82, 2.24) is 15.4 Å². The van der Waals surface area contributed by atoms with Gasteiger partial charge in [0.1, 0.15) is 0 Å². The molecule has 7 nitrogen and oxygen atoms in total. The van der Waals surface area contributed by atoms with E-state index in [0.29, 0.717) is 32.0 Å². The van der Waals surface area contributed by atoms with Crippen LogP contribution in [0.2, 0.25) is 0 Å². The van der Waals surface area contributed by atoms with Gasteiger partial charge in [-0.15, -0.1) is 0 Å². The molecule has 0 bridgehead atoms. The third kappa shape index (κ3) is 4.85. The van der Waals surface area contributed by atoms with Crippen LogP contribution in [-0.2, 0) is 9.53 Å². The first-order valence-electron chi connectivity index (χ1n) is 10.0. The highest BCUT2D eigenvalue weighted by molar-refractivity contribution is 5.94. The fourth-order valence-electron chi connectivity index (χ4n) is 4.02. The molecule has 0 spiro atoms. The van der Waals surface area contributed by atoms with Crippen molar-refractivity contribution < 1.29 is 18.8 Å². The zero-order chi connectivity index (χ0) is 21.0. The van der Waals surface area contributed by atoms with Crippen molar-refractivity contribution in [3.05, 3.63) is 40.6 Å². The molecule has 7 heteroatoms. The summed E-state index contributed by atoms with van der Waals surface area (Å²) >= 11 is 0. The quantitative estimate of drug-likeness (QED) is 0.755. The smallest absolute Gasteiger partial charge is 0.276 e. The van der Waals surface area contributed by atoms with Crippen LogP contribution in [0.3, 0.4) is 0 Å². The first-order chi connectivity index (χ1) is 13.9. The summed E-state index contributed by atoms with van der Waals surface area (Å²) in [6.07, 6.45) is 1.56. The highest BCUT2D eigenvalue weighted by Crippen LogP contribution is 2.29. The number of carbonyl (C=O) groups is 2. The second-order valence-corrected chi connectivity index (χ2v) is 7.72. The Kier molecular flexibility index (Phi) is 6.69. The maximum absolute atomic E-state index is 12.9. The van der Waals surface area contributed by atoms with E-state index in [-0.39, 0.29) is 23.4 Å². The second-order valence-electron chi connectivity index (χ2n) is 7.72. The summed E-state index contributed by atoms with van der Waals surface area (Å²) in [6.45, 7) is 8.06. The van der Waals surface area contributed by atoms with E-state index in [2.05, 4.69) is 29.5 Å². The summed E-state index contributed by atoms with van der Waals surface area (Å²) in [7, 11) is 1.60. The Morgan fingerprint density at radius 1 is 1.24 bits per heavy atom. The number of carbonyl (C=O) groups excluding carboxylic acids is 2. The molecule has 0 saturated carbocycles. The molecular weight excluding hydrogens is 370 g/mol. The third-order valence-electron chi connectivity index (χ3n) is 5.34. The molecule has 156 valence electrons. The number of rotatable bonds is 6. The molecule has 1 aromatic carbocycles. The first kappa shape index (κ1) is 21.0. The van der Waals surface area contributed by atoms with E-state index < -0.39 is 0 Å². The fraction of sp³-hybridized carbons (Fsp3) is 0.500. The van der Waals surface area contributed by atoms with Gasteiger partial charge in [0.2, 0.25) is 5.91 Å². The largest absolute Gasteiger partial charge is 0.383 e. The number of nitrogens with zero attached hydrogens (tertiary/aromatic N) is 2. The average molecular weight is 399 g/mol. The summed E-state index contributed by atoms with van der Waals surface area (Å²) in [6, 6.07) is 5.88. The molecule has 0 aliphatic carbocycles. The van der Waals surface area contributed by atoms with Crippen LogP contribution in [0, 0.1) is 26.7 Å². The lowest BCUT2D eigenvalue weighted by molar-refractivity contribution is -0.126. The topological polar surface area (TPSA) is 84.7 Å². The van der Waals surface area contributed by atoms with E-state index in [4.69, 9.17) is 9.26 Å². The van der Waals surface area contributed by atoms with Crippen molar-refractivity contribution in [2.24, 2.45) is 5.92 Å². The Labute approximate surface area is 171 Å². The molecule has 2 amide bonds. The van der Waals surface area contributed by atoms with Crippen LogP contribution in [0.15, 0.2) is 22.7 Å². The Morgan fingerprint density at radius 2 is 1.97 bits per heavy atom. The molecule has 2 heterocycles. The average Bonchev–Trinajstić information content (AvgIpc) is 3.16. The van der Waals surface area contributed by atoms with Crippen LogP contribution in [-0.4, -0.2) is 55.2 Å². The number of methoxy groups -OCH3 is 1. The summed E-state index contributed by atoms with van der Waals surface area (Å²) in [5.41, 5.74) is 4.60. The number of benzene rings is 1. The monoisotopic (exact) mass is 399 g/mol. The Balaban J connectivity index is 1.71. The standard InChI is InChI=1S/C22H29N3O4/c1-14-10-15(2)20(16(3)11-14)19-12-18(24-29-19)22(27)25-8-5-6-17(13-25)21(26)23-7-9-28-4/h10-12,17H,5-9,13H2,1-4H3,(H,23,26)/t17-/m1/s1. The Morgan fingerprint density at radius 3 is 2.66 bits per heavy atom. The number of hydrogen-bond acceptors (Lipinski definition) is 5. The van der Waals surface area contributed by atoms with Crippen molar-refractivity contribution in [3.8, 4) is 11.3 Å². The molecule has 0 unspecified atom stereocenters. The number of amides is 2. The van der Waals surface area contributed by atoms with Crippen LogP contribution in [0.5, 0.6) is 0 Å². The molecule has 0 radical (unpaired) electrons. The van der Waals surface area contributed by atoms with E-state index in [9.17, 15) is 9.59 Å². The molecule has 1 aliphatic heterocycles. The summed E-state index contributed by atoms with van der Waals surface area (Å²) in [5, 5.41) is 6.88. The minimum atomic E-state index is -0.211. The van der Waals surface area contributed by atoms with Gasteiger partial charge < -0.3 is 19.5 Å². The van der Waals surface area contributed by atoms with Crippen molar-refractivity contribution in [1.29, 1.82) is 0 Å². The van der Waals surface area contributed by atoms with E-state index in [0.717, 1.165) is 29.5 Å². The van der Waals surface area contributed by atoms with Gasteiger partial charge in [0.15, 0.2) is 11.5 Å². The van der Waals surface area contributed by atoms with Crippen LogP contribution < -0.4 is 5.32 Å². The molecule has 3 rings (SSSR count). The molecule has 1 saturated heterocycles. The number of aryl methyl sites for hydroxylation is 3. The van der Waals surface area contributed by atoms with Gasteiger partial charge in [-0.05, 0) is 44.7 Å². The van der Waals surface area contributed by atoms with Crippen molar-refractivity contribution in [2.75, 3.05) is 33.4 Å². The molecule has 29 heavy (non-hydrogen) atoms. The number of nitrogens with one attached hydrogen (secondary N) is 1. The van der Waals surface area contributed by atoms with Gasteiger partial charge in [-0.3, -0.25) is 9.59 Å². The minimum absolute atomic E-state index is 0.0358. The summed E-state index contributed by atoms with van der Waals surface area (Å²) in [5.74, 6) is 0.148. The third-order valence-corrected chi connectivity index (χ3v) is 5.34. The van der Waals surface area contributed by atoms with Crippen LogP contribution in [0.1, 0.15) is 40.0 Å². The molecule has 1 aromatic heterocycles. The normalized spacial score (nSPS) is 16.7. The van der Waals surface area contributed by atoms with Gasteiger partial charge in [0, 0.05) is 38.4 Å². The van der Waals surface area contributed by atoms with Crippen molar-refractivity contribution >= 4 is 11.8 Å². The Bertz CT molecular complexity index is 867. The van der Waals surface area contributed by atoms with Gasteiger partial charge in [-0.1, -0.05) is 22.9 Å². The van der Waals surface area contributed by atoms with Gasteiger partial charge in [0.05, 0.1) is 12.5 Å². The maximum Gasteiger partial charge on any atom is 0.276 e. The second kappa shape index (κ2) is 9.22. The zero-order valence-corrected chi connectivity index (χ0v) is 17.6. The van der Waals surface area contributed by atoms with Crippen LogP contribution in [0.4, 0.5) is 0 Å². The van der Waals surface area contributed by atoms with Crippen molar-refractivity contribution in [3.63, 3.8) is 0 Å². The molecule has 2 aromatic rings. The molecule has 1 fully saturated rings. The SMILES string of the molecule is COCCNC(=O)[C@@H]1CCCN(C(=O)c2cc(-c3c(C)cc(C)cc3C)on2)C1. The highest BCUT2D eigenvalue weighted by atomic mass is 16.5. The number of piperidine rings is 1. The minimum Gasteiger partial charge on any atom is -0.383 e.